The first-order valence-corrected chi connectivity index (χ1v) is 9.65. The zero-order valence-corrected chi connectivity index (χ0v) is 15.8. The number of likely N-dealkylation sites (tertiary alicyclic amines) is 1. The molecule has 4 rings (SSSR count). The number of hydrogen-bond acceptors (Lipinski definition) is 7. The van der Waals surface area contributed by atoms with Gasteiger partial charge >= 0.3 is 0 Å². The zero-order chi connectivity index (χ0) is 18.8. The predicted molar refractivity (Wildman–Crippen MR) is 99.4 cm³/mol. The fraction of sp³-hybridized carbons (Fsp3) is 0.579. The maximum absolute atomic E-state index is 12.8. The summed E-state index contributed by atoms with van der Waals surface area (Å²) in [5.41, 5.74) is 7.11. The minimum atomic E-state index is 0.0855. The summed E-state index contributed by atoms with van der Waals surface area (Å²) in [6.45, 7) is 5.67. The summed E-state index contributed by atoms with van der Waals surface area (Å²) in [6, 6.07) is 6.17. The van der Waals surface area contributed by atoms with Crippen LogP contribution in [0.5, 0.6) is 0 Å². The molecule has 0 aromatic carbocycles. The molecule has 2 aliphatic rings. The van der Waals surface area contributed by atoms with E-state index in [2.05, 4.69) is 39.9 Å². The normalized spacial score (nSPS) is 28.4. The van der Waals surface area contributed by atoms with Crippen molar-refractivity contribution in [2.75, 3.05) is 13.1 Å². The highest BCUT2D eigenvalue weighted by Gasteiger charge is 2.35. The second kappa shape index (κ2) is 7.74. The van der Waals surface area contributed by atoms with Crippen LogP contribution >= 0.6 is 0 Å². The van der Waals surface area contributed by atoms with Crippen molar-refractivity contribution in [2.24, 2.45) is 5.92 Å². The molecule has 8 heteroatoms. The Kier molecular flexibility index (Phi) is 5.18. The van der Waals surface area contributed by atoms with Crippen molar-refractivity contribution in [3.8, 4) is 11.6 Å². The number of piperidine rings is 1. The SMILES string of the molecule is CC1NNC(C)C1CC(=O)N1CCCC(c2nnc(-c3ccccn3)o2)C1. The van der Waals surface area contributed by atoms with E-state index in [1.807, 2.05) is 23.1 Å². The summed E-state index contributed by atoms with van der Waals surface area (Å²) in [5, 5.41) is 8.36. The van der Waals surface area contributed by atoms with Crippen LogP contribution in [0, 0.1) is 5.92 Å². The van der Waals surface area contributed by atoms with Gasteiger partial charge in [-0.1, -0.05) is 6.07 Å². The van der Waals surface area contributed by atoms with Crippen molar-refractivity contribution >= 4 is 5.91 Å². The van der Waals surface area contributed by atoms with E-state index in [-0.39, 0.29) is 11.8 Å². The Morgan fingerprint density at radius 2 is 2.07 bits per heavy atom. The number of aromatic nitrogens is 3. The first-order chi connectivity index (χ1) is 13.1. The molecule has 8 nitrogen and oxygen atoms in total. The third-order valence-electron chi connectivity index (χ3n) is 5.68. The van der Waals surface area contributed by atoms with E-state index in [9.17, 15) is 4.79 Å². The van der Waals surface area contributed by atoms with Crippen molar-refractivity contribution < 1.29 is 9.21 Å². The molecule has 2 aromatic heterocycles. The van der Waals surface area contributed by atoms with Crippen LogP contribution in [0.4, 0.5) is 0 Å². The van der Waals surface area contributed by atoms with Gasteiger partial charge in [0, 0.05) is 43.7 Å². The number of hydrogen-bond donors (Lipinski definition) is 2. The summed E-state index contributed by atoms with van der Waals surface area (Å²) in [5.74, 6) is 1.62. The smallest absolute Gasteiger partial charge is 0.266 e. The van der Waals surface area contributed by atoms with E-state index in [0.29, 0.717) is 48.4 Å². The molecule has 0 aliphatic carbocycles. The second-order valence-corrected chi connectivity index (χ2v) is 7.57. The lowest BCUT2D eigenvalue weighted by Crippen LogP contribution is -2.41. The van der Waals surface area contributed by atoms with E-state index in [0.717, 1.165) is 19.4 Å². The van der Waals surface area contributed by atoms with Gasteiger partial charge in [0.25, 0.3) is 5.89 Å². The highest BCUT2D eigenvalue weighted by Crippen LogP contribution is 2.29. The average molecular weight is 370 g/mol. The highest BCUT2D eigenvalue weighted by molar-refractivity contribution is 5.76. The first kappa shape index (κ1) is 18.1. The van der Waals surface area contributed by atoms with Crippen LogP contribution in [0.2, 0.25) is 0 Å². The number of carbonyl (C=O) groups is 1. The van der Waals surface area contributed by atoms with E-state index in [4.69, 9.17) is 4.42 Å². The molecule has 4 heterocycles. The third-order valence-corrected chi connectivity index (χ3v) is 5.68. The molecular weight excluding hydrogens is 344 g/mol. The zero-order valence-electron chi connectivity index (χ0n) is 15.8. The molecule has 0 radical (unpaired) electrons. The third kappa shape index (κ3) is 3.86. The Morgan fingerprint density at radius 3 is 2.81 bits per heavy atom. The van der Waals surface area contributed by atoms with Crippen LogP contribution in [0.3, 0.4) is 0 Å². The Bertz CT molecular complexity index is 770. The van der Waals surface area contributed by atoms with E-state index < -0.39 is 0 Å². The molecule has 2 N–H and O–H groups in total. The lowest BCUT2D eigenvalue weighted by atomic mass is 9.91. The lowest BCUT2D eigenvalue weighted by molar-refractivity contribution is -0.133. The molecule has 2 aromatic rings. The number of hydrazine groups is 1. The number of rotatable bonds is 4. The van der Waals surface area contributed by atoms with Gasteiger partial charge in [-0.2, -0.15) is 0 Å². The number of nitrogens with one attached hydrogen (secondary N) is 2. The minimum absolute atomic E-state index is 0.0855. The fourth-order valence-electron chi connectivity index (χ4n) is 3.99. The number of carbonyl (C=O) groups excluding carboxylic acids is 1. The van der Waals surface area contributed by atoms with Crippen molar-refractivity contribution in [1.29, 1.82) is 0 Å². The van der Waals surface area contributed by atoms with Crippen molar-refractivity contribution in [3.05, 3.63) is 30.3 Å². The fourth-order valence-corrected chi connectivity index (χ4v) is 3.99. The molecule has 3 atom stereocenters. The number of pyridine rings is 1. The van der Waals surface area contributed by atoms with Gasteiger partial charge in [-0.25, -0.2) is 0 Å². The van der Waals surface area contributed by atoms with Crippen LogP contribution in [0.25, 0.3) is 11.6 Å². The number of nitrogens with zero attached hydrogens (tertiary/aromatic N) is 4. The predicted octanol–water partition coefficient (Wildman–Crippen LogP) is 1.73. The maximum atomic E-state index is 12.8. The Balaban J connectivity index is 1.41. The van der Waals surface area contributed by atoms with Crippen molar-refractivity contribution in [3.63, 3.8) is 0 Å². The molecule has 2 fully saturated rings. The molecule has 144 valence electrons. The van der Waals surface area contributed by atoms with Gasteiger partial charge in [-0.05, 0) is 38.8 Å². The number of amides is 1. The van der Waals surface area contributed by atoms with Gasteiger partial charge < -0.3 is 9.32 Å². The maximum Gasteiger partial charge on any atom is 0.266 e. The summed E-state index contributed by atoms with van der Waals surface area (Å²) in [4.78, 5) is 19.0. The van der Waals surface area contributed by atoms with Crippen LogP contribution in [-0.4, -0.2) is 51.2 Å². The van der Waals surface area contributed by atoms with E-state index >= 15 is 0 Å². The average Bonchev–Trinajstić information content (AvgIpc) is 3.31. The summed E-state index contributed by atoms with van der Waals surface area (Å²) in [7, 11) is 0. The molecule has 0 saturated carbocycles. The molecule has 2 saturated heterocycles. The van der Waals surface area contributed by atoms with Crippen LogP contribution < -0.4 is 10.9 Å². The highest BCUT2D eigenvalue weighted by atomic mass is 16.4. The Labute approximate surface area is 158 Å². The molecular formula is C19H26N6O2. The van der Waals surface area contributed by atoms with Crippen LogP contribution in [-0.2, 0) is 4.79 Å². The molecule has 2 aliphatic heterocycles. The summed E-state index contributed by atoms with van der Waals surface area (Å²) < 4.78 is 5.86. The summed E-state index contributed by atoms with van der Waals surface area (Å²) in [6.07, 6.45) is 4.16. The van der Waals surface area contributed by atoms with E-state index in [1.54, 1.807) is 6.20 Å². The Morgan fingerprint density at radius 1 is 1.26 bits per heavy atom. The van der Waals surface area contributed by atoms with Crippen LogP contribution in [0.15, 0.2) is 28.8 Å². The Hall–Kier alpha value is -2.32. The van der Waals surface area contributed by atoms with Crippen LogP contribution in [0.1, 0.15) is 44.9 Å². The largest absolute Gasteiger partial charge is 0.419 e. The summed E-state index contributed by atoms with van der Waals surface area (Å²) >= 11 is 0. The monoisotopic (exact) mass is 370 g/mol. The van der Waals surface area contributed by atoms with Gasteiger partial charge in [0.2, 0.25) is 11.8 Å². The van der Waals surface area contributed by atoms with Gasteiger partial charge in [0.1, 0.15) is 5.69 Å². The molecule has 0 bridgehead atoms. The van der Waals surface area contributed by atoms with Crippen molar-refractivity contribution in [1.82, 2.24) is 30.9 Å². The van der Waals surface area contributed by atoms with Crippen molar-refractivity contribution in [2.45, 2.75) is 51.1 Å². The van der Waals surface area contributed by atoms with Gasteiger partial charge in [-0.3, -0.25) is 20.6 Å². The molecule has 3 unspecified atom stereocenters. The minimum Gasteiger partial charge on any atom is -0.419 e. The van der Waals surface area contributed by atoms with Gasteiger partial charge in [0.05, 0.1) is 5.92 Å². The lowest BCUT2D eigenvalue weighted by Gasteiger charge is -2.32. The standard InChI is InChI=1S/C19H26N6O2/c1-12-15(13(2)22-21-12)10-17(26)25-9-5-6-14(11-25)18-23-24-19(27-18)16-7-3-4-8-20-16/h3-4,7-8,12-15,21-22H,5-6,9-11H2,1-2H3. The van der Waals surface area contributed by atoms with E-state index in [1.165, 1.54) is 0 Å². The quantitative estimate of drug-likeness (QED) is 0.846. The second-order valence-electron chi connectivity index (χ2n) is 7.57. The van der Waals surface area contributed by atoms with Gasteiger partial charge in [-0.15, -0.1) is 10.2 Å². The topological polar surface area (TPSA) is 96.2 Å². The molecule has 27 heavy (non-hydrogen) atoms. The van der Waals surface area contributed by atoms with Gasteiger partial charge in [0.15, 0.2) is 0 Å². The first-order valence-electron chi connectivity index (χ1n) is 9.65. The molecule has 1 amide bonds. The molecule has 0 spiro atoms.